The molecule has 1 aromatic carbocycles. The normalized spacial score (nSPS) is 20.5. The van der Waals surface area contributed by atoms with E-state index in [1.54, 1.807) is 28.6 Å². The van der Waals surface area contributed by atoms with Crippen LogP contribution < -0.4 is 5.32 Å². The Labute approximate surface area is 120 Å². The Morgan fingerprint density at radius 1 is 1.50 bits per heavy atom. The smallest absolute Gasteiger partial charge is 0.218 e. The van der Waals surface area contributed by atoms with E-state index in [9.17, 15) is 8.42 Å². The molecule has 1 aliphatic rings. The van der Waals surface area contributed by atoms with Crippen molar-refractivity contribution in [3.8, 4) is 6.07 Å². The minimum Gasteiger partial charge on any atom is -0.316 e. The molecule has 1 aromatic rings. The first-order chi connectivity index (χ1) is 9.55. The number of sulfonamides is 1. The van der Waals surface area contributed by atoms with Crippen LogP contribution in [0, 0.1) is 11.3 Å². The van der Waals surface area contributed by atoms with Gasteiger partial charge in [0.15, 0.2) is 0 Å². The zero-order chi connectivity index (χ0) is 14.6. The van der Waals surface area contributed by atoms with Gasteiger partial charge in [0, 0.05) is 19.1 Å². The minimum absolute atomic E-state index is 0.0427. The Morgan fingerprint density at radius 2 is 2.30 bits per heavy atom. The van der Waals surface area contributed by atoms with Gasteiger partial charge in [-0.3, -0.25) is 0 Å². The van der Waals surface area contributed by atoms with Crippen molar-refractivity contribution in [2.45, 2.75) is 24.6 Å². The predicted molar refractivity (Wildman–Crippen MR) is 77.4 cm³/mol. The van der Waals surface area contributed by atoms with Gasteiger partial charge in [0.2, 0.25) is 10.0 Å². The standard InChI is InChI=1S/C14H19N3O2S/c1-16-14-6-3-7-17(10-14)20(18,19)11-13-5-2-4-12(8-13)9-15/h2,4-5,8,14,16H,3,6-7,10-11H2,1H3/t14-/m1/s1. The molecule has 0 bridgehead atoms. The number of nitrogens with one attached hydrogen (secondary N) is 1. The second kappa shape index (κ2) is 6.35. The summed E-state index contributed by atoms with van der Waals surface area (Å²) < 4.78 is 26.4. The molecule has 0 aromatic heterocycles. The minimum atomic E-state index is -3.32. The van der Waals surface area contributed by atoms with Crippen LogP contribution in [0.15, 0.2) is 24.3 Å². The van der Waals surface area contributed by atoms with E-state index in [1.165, 1.54) is 0 Å². The summed E-state index contributed by atoms with van der Waals surface area (Å²) >= 11 is 0. The van der Waals surface area contributed by atoms with Gasteiger partial charge in [-0.05, 0) is 37.6 Å². The Morgan fingerprint density at radius 3 is 3.00 bits per heavy atom. The first-order valence-electron chi connectivity index (χ1n) is 6.69. The second-order valence-electron chi connectivity index (χ2n) is 5.05. The Bertz CT molecular complexity index is 607. The highest BCUT2D eigenvalue weighted by Gasteiger charge is 2.28. The van der Waals surface area contributed by atoms with E-state index in [2.05, 4.69) is 5.32 Å². The Balaban J connectivity index is 2.12. The molecule has 6 heteroatoms. The average molecular weight is 293 g/mol. The van der Waals surface area contributed by atoms with Crippen LogP contribution in [0.2, 0.25) is 0 Å². The summed E-state index contributed by atoms with van der Waals surface area (Å²) in [5.41, 5.74) is 1.15. The van der Waals surface area contributed by atoms with E-state index < -0.39 is 10.0 Å². The molecule has 1 fully saturated rings. The maximum Gasteiger partial charge on any atom is 0.218 e. The third-order valence-corrected chi connectivity index (χ3v) is 5.41. The SMILES string of the molecule is CN[C@@H]1CCCN(S(=O)(=O)Cc2cccc(C#N)c2)C1. The fourth-order valence-electron chi connectivity index (χ4n) is 2.46. The van der Waals surface area contributed by atoms with E-state index in [1.807, 2.05) is 13.1 Å². The molecular formula is C14H19N3O2S. The summed E-state index contributed by atoms with van der Waals surface area (Å²) in [5, 5.41) is 12.0. The van der Waals surface area contributed by atoms with Gasteiger partial charge in [-0.1, -0.05) is 12.1 Å². The maximum absolute atomic E-state index is 12.4. The van der Waals surface area contributed by atoms with E-state index in [-0.39, 0.29) is 11.8 Å². The third kappa shape index (κ3) is 3.57. The molecule has 2 rings (SSSR count). The van der Waals surface area contributed by atoms with Crippen molar-refractivity contribution >= 4 is 10.0 Å². The Kier molecular flexibility index (Phi) is 4.76. The lowest BCUT2D eigenvalue weighted by Gasteiger charge is -2.31. The summed E-state index contributed by atoms with van der Waals surface area (Å²) in [6, 6.07) is 9.03. The highest BCUT2D eigenvalue weighted by Crippen LogP contribution is 2.18. The summed E-state index contributed by atoms with van der Waals surface area (Å²) in [5.74, 6) is -0.0427. The lowest BCUT2D eigenvalue weighted by Crippen LogP contribution is -2.47. The van der Waals surface area contributed by atoms with Gasteiger partial charge in [0.25, 0.3) is 0 Å². The van der Waals surface area contributed by atoms with Gasteiger partial charge >= 0.3 is 0 Å². The quantitative estimate of drug-likeness (QED) is 0.901. The van der Waals surface area contributed by atoms with Crippen molar-refractivity contribution in [2.24, 2.45) is 0 Å². The van der Waals surface area contributed by atoms with Crippen LogP contribution in [0.1, 0.15) is 24.0 Å². The summed E-state index contributed by atoms with van der Waals surface area (Å²) in [4.78, 5) is 0. The van der Waals surface area contributed by atoms with Gasteiger partial charge in [-0.25, -0.2) is 12.7 Å². The summed E-state index contributed by atoms with van der Waals surface area (Å²) in [6.07, 6.45) is 1.88. The number of nitriles is 1. The zero-order valence-electron chi connectivity index (χ0n) is 11.5. The Hall–Kier alpha value is -1.42. The van der Waals surface area contributed by atoms with E-state index in [0.29, 0.717) is 24.2 Å². The number of hydrogen-bond donors (Lipinski definition) is 1. The molecule has 0 spiro atoms. The van der Waals surface area contributed by atoms with Crippen molar-refractivity contribution in [2.75, 3.05) is 20.1 Å². The van der Waals surface area contributed by atoms with Crippen LogP contribution in [0.4, 0.5) is 0 Å². The van der Waals surface area contributed by atoms with Crippen LogP contribution >= 0.6 is 0 Å². The predicted octanol–water partition coefficient (Wildman–Crippen LogP) is 1.07. The lowest BCUT2D eigenvalue weighted by molar-refractivity contribution is 0.292. The molecule has 1 aliphatic heterocycles. The van der Waals surface area contributed by atoms with Crippen LogP contribution in [-0.4, -0.2) is 38.9 Å². The molecular weight excluding hydrogens is 274 g/mol. The molecule has 1 atom stereocenters. The molecule has 0 aliphatic carbocycles. The summed E-state index contributed by atoms with van der Waals surface area (Å²) in [6.45, 7) is 1.11. The monoisotopic (exact) mass is 293 g/mol. The topological polar surface area (TPSA) is 73.2 Å². The summed E-state index contributed by atoms with van der Waals surface area (Å²) in [7, 11) is -1.46. The number of nitrogens with zero attached hydrogens (tertiary/aromatic N) is 2. The average Bonchev–Trinajstić information content (AvgIpc) is 2.47. The van der Waals surface area contributed by atoms with Crippen LogP contribution in [0.25, 0.3) is 0 Å². The lowest BCUT2D eigenvalue weighted by atomic mass is 10.1. The molecule has 1 N–H and O–H groups in total. The van der Waals surface area contributed by atoms with Gasteiger partial charge in [0.1, 0.15) is 0 Å². The van der Waals surface area contributed by atoms with Crippen molar-refractivity contribution < 1.29 is 8.42 Å². The molecule has 1 heterocycles. The molecule has 0 radical (unpaired) electrons. The van der Waals surface area contributed by atoms with Gasteiger partial charge in [-0.15, -0.1) is 0 Å². The van der Waals surface area contributed by atoms with Gasteiger partial charge in [0.05, 0.1) is 17.4 Å². The molecule has 20 heavy (non-hydrogen) atoms. The first kappa shape index (κ1) is 15.0. The highest BCUT2D eigenvalue weighted by molar-refractivity contribution is 7.88. The molecule has 108 valence electrons. The van der Waals surface area contributed by atoms with Gasteiger partial charge in [-0.2, -0.15) is 5.26 Å². The van der Waals surface area contributed by atoms with Crippen molar-refractivity contribution in [1.82, 2.24) is 9.62 Å². The second-order valence-corrected chi connectivity index (χ2v) is 7.02. The van der Waals surface area contributed by atoms with Crippen molar-refractivity contribution in [3.63, 3.8) is 0 Å². The van der Waals surface area contributed by atoms with Crippen LogP contribution in [-0.2, 0) is 15.8 Å². The maximum atomic E-state index is 12.4. The zero-order valence-corrected chi connectivity index (χ0v) is 12.4. The largest absolute Gasteiger partial charge is 0.316 e. The first-order valence-corrected chi connectivity index (χ1v) is 8.30. The third-order valence-electron chi connectivity index (χ3n) is 3.59. The number of piperidine rings is 1. The molecule has 1 saturated heterocycles. The van der Waals surface area contributed by atoms with Crippen LogP contribution in [0.3, 0.4) is 0 Å². The number of benzene rings is 1. The van der Waals surface area contributed by atoms with E-state index in [4.69, 9.17) is 5.26 Å². The van der Waals surface area contributed by atoms with Crippen molar-refractivity contribution in [1.29, 1.82) is 5.26 Å². The van der Waals surface area contributed by atoms with Gasteiger partial charge < -0.3 is 5.32 Å². The molecule has 0 unspecified atom stereocenters. The molecule has 5 nitrogen and oxygen atoms in total. The number of hydrogen-bond acceptors (Lipinski definition) is 4. The van der Waals surface area contributed by atoms with E-state index >= 15 is 0 Å². The number of rotatable bonds is 4. The highest BCUT2D eigenvalue weighted by atomic mass is 32.2. The molecule has 0 amide bonds. The fourth-order valence-corrected chi connectivity index (χ4v) is 4.06. The molecule has 0 saturated carbocycles. The van der Waals surface area contributed by atoms with E-state index in [0.717, 1.165) is 12.8 Å². The number of likely N-dealkylation sites (N-methyl/N-ethyl adjacent to an activating group) is 1. The van der Waals surface area contributed by atoms with Crippen molar-refractivity contribution in [3.05, 3.63) is 35.4 Å². The van der Waals surface area contributed by atoms with Crippen LogP contribution in [0.5, 0.6) is 0 Å². The fraction of sp³-hybridized carbons (Fsp3) is 0.500.